The van der Waals surface area contributed by atoms with Gasteiger partial charge in [-0.2, -0.15) is 5.26 Å². The lowest BCUT2D eigenvalue weighted by Crippen LogP contribution is -1.92. The topological polar surface area (TPSA) is 98.4 Å². The summed E-state index contributed by atoms with van der Waals surface area (Å²) in [5.41, 5.74) is 0.176. The minimum Gasteiger partial charge on any atom is -0.478 e. The van der Waals surface area contributed by atoms with Gasteiger partial charge in [-0.3, -0.25) is 0 Å². The molecule has 0 rings (SSSR count). The van der Waals surface area contributed by atoms with Crippen molar-refractivity contribution in [3.05, 3.63) is 62.8 Å². The number of hydrogen-bond acceptors (Lipinski definition) is 3. The molecule has 0 radical (unpaired) electrons. The van der Waals surface area contributed by atoms with E-state index in [0.717, 1.165) is 6.08 Å². The van der Waals surface area contributed by atoms with Crippen molar-refractivity contribution in [2.75, 3.05) is 0 Å². The molecule has 104 valence electrons. The van der Waals surface area contributed by atoms with Crippen LogP contribution in [-0.4, -0.2) is 22.2 Å². The summed E-state index contributed by atoms with van der Waals surface area (Å²) < 4.78 is 0. The highest BCUT2D eigenvalue weighted by molar-refractivity contribution is 5.84. The van der Waals surface area contributed by atoms with Crippen LogP contribution in [0.4, 0.5) is 0 Å². The Morgan fingerprint density at radius 2 is 1.32 bits per heavy atom. The van der Waals surface area contributed by atoms with E-state index in [1.54, 1.807) is 18.2 Å². The predicted molar refractivity (Wildman–Crippen MR) is 76.5 cm³/mol. The number of aliphatic carboxylic acids is 2. The molecule has 19 heavy (non-hydrogen) atoms. The van der Waals surface area contributed by atoms with Crippen LogP contribution in [0.1, 0.15) is 6.92 Å². The van der Waals surface area contributed by atoms with Crippen LogP contribution in [0.5, 0.6) is 0 Å². The number of carbonyl (C=O) groups is 2. The first-order chi connectivity index (χ1) is 8.74. The number of nitrogens with zero attached hydrogens (tertiary/aromatic N) is 1. The van der Waals surface area contributed by atoms with Crippen molar-refractivity contribution in [3.63, 3.8) is 0 Å². The first-order valence-electron chi connectivity index (χ1n) is 4.73. The molecule has 0 unspecified atom stereocenters. The van der Waals surface area contributed by atoms with Crippen molar-refractivity contribution in [3.8, 4) is 6.07 Å². The molecule has 0 aliphatic rings. The Kier molecular flexibility index (Phi) is 32.2. The van der Waals surface area contributed by atoms with E-state index in [-0.39, 0.29) is 5.57 Å². The molecule has 0 spiro atoms. The third-order valence-corrected chi connectivity index (χ3v) is 0.798. The molecule has 0 aliphatic heterocycles. The molecule has 0 saturated heterocycles. The summed E-state index contributed by atoms with van der Waals surface area (Å²) in [6, 6.07) is 1.69. The van der Waals surface area contributed by atoms with Crippen molar-refractivity contribution >= 4 is 11.9 Å². The molecule has 0 aromatic carbocycles. The van der Waals surface area contributed by atoms with Gasteiger partial charge in [0.1, 0.15) is 0 Å². The Balaban J connectivity index is -0.0000000803. The van der Waals surface area contributed by atoms with Crippen molar-refractivity contribution in [2.24, 2.45) is 0 Å². The second-order valence-corrected chi connectivity index (χ2v) is 2.43. The van der Waals surface area contributed by atoms with E-state index < -0.39 is 11.9 Å². The largest absolute Gasteiger partial charge is 0.478 e. The lowest BCUT2D eigenvalue weighted by molar-refractivity contribution is -0.133. The summed E-state index contributed by atoms with van der Waals surface area (Å²) in [7, 11) is 0. The minimum atomic E-state index is -0.981. The molecular weight excluding hydrogens is 246 g/mol. The van der Waals surface area contributed by atoms with Crippen LogP contribution in [0.2, 0.25) is 0 Å². The number of nitriles is 1. The highest BCUT2D eigenvalue weighted by Crippen LogP contribution is 1.81. The van der Waals surface area contributed by atoms with Gasteiger partial charge in [-0.05, 0) is 6.92 Å². The lowest BCUT2D eigenvalue weighted by atomic mass is 10.4. The van der Waals surface area contributed by atoms with Crippen LogP contribution < -0.4 is 0 Å². The van der Waals surface area contributed by atoms with Crippen LogP contribution in [0.15, 0.2) is 62.8 Å². The van der Waals surface area contributed by atoms with Gasteiger partial charge < -0.3 is 10.2 Å². The normalized spacial score (nSPS) is 5.89. The Morgan fingerprint density at radius 3 is 1.32 bits per heavy atom. The number of carboxylic acid groups (broad SMARTS) is 2. The fourth-order valence-corrected chi connectivity index (χ4v) is 0. The van der Waals surface area contributed by atoms with Gasteiger partial charge >= 0.3 is 11.9 Å². The van der Waals surface area contributed by atoms with Gasteiger partial charge in [0.15, 0.2) is 0 Å². The van der Waals surface area contributed by atoms with E-state index >= 15 is 0 Å². The molecule has 2 N–H and O–H groups in total. The first-order valence-corrected chi connectivity index (χ1v) is 4.73. The average Bonchev–Trinajstić information content (AvgIpc) is 2.39. The predicted octanol–water partition coefficient (Wildman–Crippen LogP) is 2.96. The van der Waals surface area contributed by atoms with Gasteiger partial charge in [0.2, 0.25) is 0 Å². The van der Waals surface area contributed by atoms with Gasteiger partial charge in [0.05, 0.1) is 6.07 Å². The molecule has 0 amide bonds. The maximum absolute atomic E-state index is 9.60. The van der Waals surface area contributed by atoms with E-state index in [9.17, 15) is 9.59 Å². The third kappa shape index (κ3) is 99.1. The van der Waals surface area contributed by atoms with Gasteiger partial charge in [0, 0.05) is 17.7 Å². The Hall–Kier alpha value is -2.87. The number of allylic oxidation sites excluding steroid dienone is 3. The van der Waals surface area contributed by atoms with Crippen LogP contribution in [0, 0.1) is 11.3 Å². The van der Waals surface area contributed by atoms with Crippen LogP contribution in [0.3, 0.4) is 0 Å². The zero-order valence-electron chi connectivity index (χ0n) is 11.0. The Morgan fingerprint density at radius 1 is 1.11 bits per heavy atom. The van der Waals surface area contributed by atoms with Crippen LogP contribution >= 0.6 is 0 Å². The second kappa shape index (κ2) is 24.4. The van der Waals surface area contributed by atoms with E-state index in [1.165, 1.54) is 13.0 Å². The van der Waals surface area contributed by atoms with E-state index in [0.29, 0.717) is 0 Å². The maximum atomic E-state index is 9.60. The summed E-state index contributed by atoms with van der Waals surface area (Å²) in [5, 5.41) is 23.0. The van der Waals surface area contributed by atoms with Crippen molar-refractivity contribution < 1.29 is 19.8 Å². The van der Waals surface area contributed by atoms with Crippen molar-refractivity contribution in [1.82, 2.24) is 0 Å². The monoisotopic (exact) mass is 265 g/mol. The van der Waals surface area contributed by atoms with E-state index in [4.69, 9.17) is 15.5 Å². The fourth-order valence-electron chi connectivity index (χ4n) is 0. The SMILES string of the molecule is C=C(C)C(=O)O.C=CC#N.C=CC(=O)O.C=CC=C. The third-order valence-electron chi connectivity index (χ3n) is 0.798. The lowest BCUT2D eigenvalue weighted by Gasteiger charge is -1.79. The molecule has 0 saturated carbocycles. The van der Waals surface area contributed by atoms with Crippen molar-refractivity contribution in [1.29, 1.82) is 5.26 Å². The van der Waals surface area contributed by atoms with E-state index in [2.05, 4.69) is 32.9 Å². The molecular formula is C14H19NO4. The zero-order valence-corrected chi connectivity index (χ0v) is 11.0. The smallest absolute Gasteiger partial charge is 0.330 e. The highest BCUT2D eigenvalue weighted by atomic mass is 16.4. The molecule has 0 fully saturated rings. The molecule has 0 atom stereocenters. The Bertz CT molecular complexity index is 344. The summed E-state index contributed by atoms with van der Waals surface area (Å²) in [6.07, 6.45) is 5.29. The minimum absolute atomic E-state index is 0.176. The summed E-state index contributed by atoms with van der Waals surface area (Å²) in [4.78, 5) is 18.8. The maximum Gasteiger partial charge on any atom is 0.330 e. The highest BCUT2D eigenvalue weighted by Gasteiger charge is 1.90. The van der Waals surface area contributed by atoms with Crippen molar-refractivity contribution in [2.45, 2.75) is 6.92 Å². The fraction of sp³-hybridized carbons (Fsp3) is 0.0714. The molecule has 5 nitrogen and oxygen atoms in total. The van der Waals surface area contributed by atoms with Gasteiger partial charge in [-0.15, -0.1) is 0 Å². The van der Waals surface area contributed by atoms with Gasteiger partial charge in [-0.1, -0.05) is 45.0 Å². The molecule has 0 aromatic heterocycles. The molecule has 0 heterocycles. The van der Waals surface area contributed by atoms with Crippen LogP contribution in [-0.2, 0) is 9.59 Å². The first kappa shape index (κ1) is 25.1. The quantitative estimate of drug-likeness (QED) is 0.464. The Labute approximate surface area is 113 Å². The number of rotatable bonds is 3. The van der Waals surface area contributed by atoms with Crippen LogP contribution in [0.25, 0.3) is 0 Å². The summed E-state index contributed by atoms with van der Waals surface area (Å²) in [6.45, 7) is 17.4. The molecule has 0 bridgehead atoms. The molecule has 0 aliphatic carbocycles. The molecule has 0 aromatic rings. The molecule has 5 heteroatoms. The summed E-state index contributed by atoms with van der Waals surface area (Å²) in [5.74, 6) is -1.92. The van der Waals surface area contributed by atoms with Gasteiger partial charge in [-0.25, -0.2) is 9.59 Å². The second-order valence-electron chi connectivity index (χ2n) is 2.43. The average molecular weight is 265 g/mol. The summed E-state index contributed by atoms with van der Waals surface area (Å²) >= 11 is 0. The standard InChI is InChI=1S/C4H6O2.C4H6.C3H3N.C3H4O2/c1-3(2)4(5)6;1-3-4-2;1-2-3-4;1-2-3(4)5/h1H2,2H3,(H,5,6);3-4H,1-2H2;2H,1H2;2H,1H2,(H,4,5). The van der Waals surface area contributed by atoms with Gasteiger partial charge in [0.25, 0.3) is 0 Å². The zero-order chi connectivity index (χ0) is 16.3. The number of hydrogen-bond donors (Lipinski definition) is 2. The number of carboxylic acids is 2. The van der Waals surface area contributed by atoms with E-state index in [1.807, 2.05) is 0 Å².